The number of rotatable bonds is 5. The lowest BCUT2D eigenvalue weighted by atomic mass is 10.0. The van der Waals surface area contributed by atoms with Crippen molar-refractivity contribution in [1.29, 1.82) is 5.26 Å². The SMILES string of the molecule is N#C/C(=C/c1ccc(OCc2ccc(Cl)cc2)cc1)c1ccc(Cl)cc1. The van der Waals surface area contributed by atoms with Gasteiger partial charge >= 0.3 is 0 Å². The summed E-state index contributed by atoms with van der Waals surface area (Å²) in [5.74, 6) is 0.766. The van der Waals surface area contributed by atoms with Crippen molar-refractivity contribution in [2.45, 2.75) is 6.61 Å². The molecule has 0 radical (unpaired) electrons. The zero-order valence-corrected chi connectivity index (χ0v) is 15.3. The summed E-state index contributed by atoms with van der Waals surface area (Å²) in [6.07, 6.45) is 1.84. The highest BCUT2D eigenvalue weighted by atomic mass is 35.5. The van der Waals surface area contributed by atoms with Crippen LogP contribution in [0.15, 0.2) is 72.8 Å². The van der Waals surface area contributed by atoms with Crippen LogP contribution in [0.1, 0.15) is 16.7 Å². The van der Waals surface area contributed by atoms with Gasteiger partial charge in [0.25, 0.3) is 0 Å². The summed E-state index contributed by atoms with van der Waals surface area (Å²) in [4.78, 5) is 0. The molecule has 4 heteroatoms. The van der Waals surface area contributed by atoms with E-state index in [1.807, 2.05) is 66.7 Å². The third-order valence-corrected chi connectivity index (χ3v) is 4.29. The molecule has 0 aliphatic carbocycles. The predicted molar refractivity (Wildman–Crippen MR) is 107 cm³/mol. The van der Waals surface area contributed by atoms with Crippen molar-refractivity contribution in [3.63, 3.8) is 0 Å². The Morgan fingerprint density at radius 2 is 1.42 bits per heavy atom. The molecule has 3 aromatic carbocycles. The molecule has 0 heterocycles. The molecule has 0 bridgehead atoms. The summed E-state index contributed by atoms with van der Waals surface area (Å²) < 4.78 is 5.77. The number of hydrogen-bond donors (Lipinski definition) is 0. The minimum atomic E-state index is 0.473. The van der Waals surface area contributed by atoms with Gasteiger partial charge in [0.05, 0.1) is 11.6 Å². The van der Waals surface area contributed by atoms with Crippen LogP contribution >= 0.6 is 23.2 Å². The molecule has 0 aliphatic rings. The number of benzene rings is 3. The molecule has 2 nitrogen and oxygen atoms in total. The van der Waals surface area contributed by atoms with E-state index in [2.05, 4.69) is 6.07 Å². The highest BCUT2D eigenvalue weighted by Crippen LogP contribution is 2.22. The van der Waals surface area contributed by atoms with Crippen LogP contribution in [0.4, 0.5) is 0 Å². The van der Waals surface area contributed by atoms with Crippen molar-refractivity contribution in [3.05, 3.63) is 99.5 Å². The molecule has 128 valence electrons. The molecule has 0 amide bonds. The Bertz CT molecular complexity index is 937. The topological polar surface area (TPSA) is 33.0 Å². The fraction of sp³-hybridized carbons (Fsp3) is 0.0455. The highest BCUT2D eigenvalue weighted by molar-refractivity contribution is 6.30. The number of allylic oxidation sites excluding steroid dienone is 1. The third-order valence-electron chi connectivity index (χ3n) is 3.79. The first-order valence-electron chi connectivity index (χ1n) is 7.99. The number of ether oxygens (including phenoxy) is 1. The molecule has 0 aromatic heterocycles. The summed E-state index contributed by atoms with van der Waals surface area (Å²) in [5, 5.41) is 10.8. The van der Waals surface area contributed by atoms with E-state index in [1.165, 1.54) is 0 Å². The van der Waals surface area contributed by atoms with Gasteiger partial charge in [-0.25, -0.2) is 0 Å². The summed E-state index contributed by atoms with van der Waals surface area (Å²) in [7, 11) is 0. The zero-order chi connectivity index (χ0) is 18.4. The van der Waals surface area contributed by atoms with Crippen LogP contribution in [-0.4, -0.2) is 0 Å². The summed E-state index contributed by atoms with van der Waals surface area (Å²) in [6, 6.07) is 24.6. The minimum absolute atomic E-state index is 0.473. The lowest BCUT2D eigenvalue weighted by molar-refractivity contribution is 0.306. The van der Waals surface area contributed by atoms with E-state index in [4.69, 9.17) is 27.9 Å². The van der Waals surface area contributed by atoms with Crippen LogP contribution in [-0.2, 0) is 6.61 Å². The molecule has 26 heavy (non-hydrogen) atoms. The fourth-order valence-electron chi connectivity index (χ4n) is 2.38. The lowest BCUT2D eigenvalue weighted by Gasteiger charge is -2.07. The largest absolute Gasteiger partial charge is 0.489 e. The maximum atomic E-state index is 9.41. The molecule has 0 unspecified atom stereocenters. The molecular weight excluding hydrogens is 365 g/mol. The van der Waals surface area contributed by atoms with E-state index in [-0.39, 0.29) is 0 Å². The van der Waals surface area contributed by atoms with Gasteiger partial charge in [-0.2, -0.15) is 5.26 Å². The van der Waals surface area contributed by atoms with E-state index >= 15 is 0 Å². The minimum Gasteiger partial charge on any atom is -0.489 e. The van der Waals surface area contributed by atoms with Gasteiger partial charge in [-0.1, -0.05) is 59.6 Å². The molecule has 0 saturated heterocycles. The quantitative estimate of drug-likeness (QED) is 0.367. The molecule has 0 fully saturated rings. The average molecular weight is 380 g/mol. The second kappa shape index (κ2) is 8.58. The molecule has 0 spiro atoms. The van der Waals surface area contributed by atoms with Crippen LogP contribution in [0.5, 0.6) is 5.75 Å². The van der Waals surface area contributed by atoms with Crippen molar-refractivity contribution in [3.8, 4) is 11.8 Å². The normalized spacial score (nSPS) is 11.0. The van der Waals surface area contributed by atoms with Gasteiger partial charge < -0.3 is 4.74 Å². The first kappa shape index (κ1) is 18.1. The predicted octanol–water partition coefficient (Wildman–Crippen LogP) is 6.64. The Hall–Kier alpha value is -2.73. The summed E-state index contributed by atoms with van der Waals surface area (Å²) >= 11 is 11.8. The Morgan fingerprint density at radius 1 is 0.846 bits per heavy atom. The van der Waals surface area contributed by atoms with Gasteiger partial charge in [-0.15, -0.1) is 0 Å². The van der Waals surface area contributed by atoms with E-state index in [0.717, 1.165) is 22.4 Å². The van der Waals surface area contributed by atoms with Gasteiger partial charge in [0.2, 0.25) is 0 Å². The molecule has 0 atom stereocenters. The van der Waals surface area contributed by atoms with Gasteiger partial charge in [0.1, 0.15) is 12.4 Å². The zero-order valence-electron chi connectivity index (χ0n) is 13.8. The van der Waals surface area contributed by atoms with Crippen LogP contribution < -0.4 is 4.74 Å². The lowest BCUT2D eigenvalue weighted by Crippen LogP contribution is -1.94. The van der Waals surface area contributed by atoms with Crippen LogP contribution in [0.3, 0.4) is 0 Å². The molecule has 3 rings (SSSR count). The van der Waals surface area contributed by atoms with Gasteiger partial charge in [-0.3, -0.25) is 0 Å². The van der Waals surface area contributed by atoms with Crippen molar-refractivity contribution in [1.82, 2.24) is 0 Å². The van der Waals surface area contributed by atoms with E-state index < -0.39 is 0 Å². The number of halogens is 2. The van der Waals surface area contributed by atoms with Gasteiger partial charge in [-0.05, 0) is 59.2 Å². The monoisotopic (exact) mass is 379 g/mol. The van der Waals surface area contributed by atoms with Gasteiger partial charge in [0.15, 0.2) is 0 Å². The smallest absolute Gasteiger partial charge is 0.119 e. The third kappa shape index (κ3) is 4.89. The maximum Gasteiger partial charge on any atom is 0.119 e. The van der Waals surface area contributed by atoms with Crippen molar-refractivity contribution < 1.29 is 4.74 Å². The van der Waals surface area contributed by atoms with Crippen molar-refractivity contribution in [2.24, 2.45) is 0 Å². The molecule has 0 saturated carbocycles. The second-order valence-electron chi connectivity index (χ2n) is 5.66. The first-order chi connectivity index (χ1) is 12.6. The van der Waals surface area contributed by atoms with E-state index in [1.54, 1.807) is 12.1 Å². The number of nitrogens with zero attached hydrogens (tertiary/aromatic N) is 1. The average Bonchev–Trinajstić information content (AvgIpc) is 2.67. The summed E-state index contributed by atoms with van der Waals surface area (Å²) in [6.45, 7) is 0.473. The maximum absolute atomic E-state index is 9.41. The van der Waals surface area contributed by atoms with Crippen LogP contribution in [0.2, 0.25) is 10.0 Å². The fourth-order valence-corrected chi connectivity index (χ4v) is 2.64. The Morgan fingerprint density at radius 3 is 2.00 bits per heavy atom. The standard InChI is InChI=1S/C22H15Cl2NO/c23-20-7-1-17(2-8-20)15-26-22-11-3-16(4-12-22)13-19(14-25)18-5-9-21(24)10-6-18/h1-13H,15H2/b19-13-. The first-order valence-corrected chi connectivity index (χ1v) is 8.75. The van der Waals surface area contributed by atoms with Crippen LogP contribution in [0, 0.1) is 11.3 Å². The summed E-state index contributed by atoms with van der Waals surface area (Å²) in [5.41, 5.74) is 3.39. The molecular formula is C22H15Cl2NO. The number of hydrogen-bond acceptors (Lipinski definition) is 2. The second-order valence-corrected chi connectivity index (χ2v) is 6.53. The highest BCUT2D eigenvalue weighted by Gasteiger charge is 2.02. The van der Waals surface area contributed by atoms with Crippen molar-refractivity contribution >= 4 is 34.9 Å². The Labute approximate surface area is 162 Å². The molecule has 0 aliphatic heterocycles. The van der Waals surface area contributed by atoms with Crippen molar-refractivity contribution in [2.75, 3.05) is 0 Å². The number of nitriles is 1. The molecule has 0 N–H and O–H groups in total. The van der Waals surface area contributed by atoms with E-state index in [0.29, 0.717) is 22.2 Å². The Balaban J connectivity index is 1.69. The Kier molecular flexibility index (Phi) is 5.96. The van der Waals surface area contributed by atoms with E-state index in [9.17, 15) is 5.26 Å². The van der Waals surface area contributed by atoms with Crippen LogP contribution in [0.25, 0.3) is 11.6 Å². The molecule has 3 aromatic rings. The van der Waals surface area contributed by atoms with Gasteiger partial charge in [0, 0.05) is 10.0 Å².